The van der Waals surface area contributed by atoms with Gasteiger partial charge in [0.2, 0.25) is 0 Å². The highest BCUT2D eigenvalue weighted by molar-refractivity contribution is 5.00. The Morgan fingerprint density at radius 3 is 2.38 bits per heavy atom. The van der Waals surface area contributed by atoms with Gasteiger partial charge < -0.3 is 9.47 Å². The van der Waals surface area contributed by atoms with Crippen molar-refractivity contribution in [3.63, 3.8) is 0 Å². The number of nitrogens with zero attached hydrogens (tertiary/aromatic N) is 2. The number of hydrogen-bond donors (Lipinski definition) is 0. The van der Waals surface area contributed by atoms with Gasteiger partial charge in [-0.3, -0.25) is 9.80 Å². The van der Waals surface area contributed by atoms with Gasteiger partial charge >= 0.3 is 0 Å². The van der Waals surface area contributed by atoms with E-state index in [0.29, 0.717) is 18.2 Å². The molecule has 21 heavy (non-hydrogen) atoms. The van der Waals surface area contributed by atoms with Gasteiger partial charge in [-0.25, -0.2) is 0 Å². The number of hydrogen-bond acceptors (Lipinski definition) is 4. The van der Waals surface area contributed by atoms with Crippen LogP contribution in [0.2, 0.25) is 0 Å². The third kappa shape index (κ3) is 3.29. The molecule has 3 unspecified atom stereocenters. The summed E-state index contributed by atoms with van der Waals surface area (Å²) in [6.45, 7) is 16.7. The molecule has 3 rings (SSSR count). The van der Waals surface area contributed by atoms with Crippen LogP contribution in [-0.2, 0) is 9.47 Å². The van der Waals surface area contributed by atoms with Gasteiger partial charge in [0.05, 0.1) is 25.4 Å². The molecule has 3 aliphatic heterocycles. The average molecular weight is 296 g/mol. The fourth-order valence-electron chi connectivity index (χ4n) is 4.27. The zero-order valence-electron chi connectivity index (χ0n) is 14.4. The number of fused-ring (bicyclic) bond motifs is 2. The zero-order valence-corrected chi connectivity index (χ0v) is 14.4. The van der Waals surface area contributed by atoms with Gasteiger partial charge in [-0.05, 0) is 47.5 Å². The summed E-state index contributed by atoms with van der Waals surface area (Å²) < 4.78 is 11.8. The minimum absolute atomic E-state index is 0.203. The maximum Gasteiger partial charge on any atom is 0.0720 e. The summed E-state index contributed by atoms with van der Waals surface area (Å²) in [5, 5.41) is 0. The highest BCUT2D eigenvalue weighted by atomic mass is 16.5. The van der Waals surface area contributed by atoms with Crippen LogP contribution in [0.15, 0.2) is 0 Å². The van der Waals surface area contributed by atoms with E-state index in [2.05, 4.69) is 44.4 Å². The Morgan fingerprint density at radius 2 is 1.81 bits per heavy atom. The van der Waals surface area contributed by atoms with E-state index in [1.807, 2.05) is 0 Å². The first-order chi connectivity index (χ1) is 9.75. The predicted molar refractivity (Wildman–Crippen MR) is 84.6 cm³/mol. The van der Waals surface area contributed by atoms with Gasteiger partial charge in [0, 0.05) is 36.8 Å². The Bertz CT molecular complexity index is 377. The summed E-state index contributed by atoms with van der Waals surface area (Å²) in [5.41, 5.74) is 0.446. The molecule has 3 aliphatic rings. The molecule has 3 atom stereocenters. The molecule has 0 aromatic carbocycles. The summed E-state index contributed by atoms with van der Waals surface area (Å²) in [4.78, 5) is 5.23. The summed E-state index contributed by atoms with van der Waals surface area (Å²) in [5.74, 6) is 0. The van der Waals surface area contributed by atoms with Gasteiger partial charge in [0.25, 0.3) is 0 Å². The van der Waals surface area contributed by atoms with Crippen molar-refractivity contribution in [2.45, 2.75) is 76.8 Å². The lowest BCUT2D eigenvalue weighted by atomic mass is 9.92. The van der Waals surface area contributed by atoms with Crippen molar-refractivity contribution >= 4 is 0 Å². The maximum atomic E-state index is 6.08. The summed E-state index contributed by atoms with van der Waals surface area (Å²) in [6, 6.07) is 0.632. The van der Waals surface area contributed by atoms with Crippen LogP contribution in [0.25, 0.3) is 0 Å². The fraction of sp³-hybridized carbons (Fsp3) is 1.00. The van der Waals surface area contributed by atoms with Crippen LogP contribution in [0.1, 0.15) is 47.5 Å². The monoisotopic (exact) mass is 296 g/mol. The van der Waals surface area contributed by atoms with Crippen molar-refractivity contribution in [2.24, 2.45) is 0 Å². The Labute approximate surface area is 129 Å². The van der Waals surface area contributed by atoms with E-state index in [9.17, 15) is 0 Å². The fourth-order valence-corrected chi connectivity index (χ4v) is 4.27. The van der Waals surface area contributed by atoms with E-state index in [1.165, 1.54) is 6.42 Å². The van der Waals surface area contributed by atoms with Crippen molar-refractivity contribution in [3.8, 4) is 0 Å². The molecule has 3 saturated heterocycles. The number of ether oxygens (including phenoxy) is 2. The van der Waals surface area contributed by atoms with Crippen LogP contribution in [-0.4, -0.2) is 72.0 Å². The van der Waals surface area contributed by atoms with E-state index < -0.39 is 0 Å². The minimum atomic E-state index is 0.203. The van der Waals surface area contributed by atoms with Crippen LogP contribution in [0.3, 0.4) is 0 Å². The minimum Gasteiger partial charge on any atom is -0.375 e. The number of morpholine rings is 2. The lowest BCUT2D eigenvalue weighted by Crippen LogP contribution is -2.56. The van der Waals surface area contributed by atoms with E-state index in [0.717, 1.165) is 39.3 Å². The van der Waals surface area contributed by atoms with Crippen molar-refractivity contribution in [2.75, 3.05) is 32.8 Å². The molecule has 0 aromatic heterocycles. The molecule has 0 amide bonds. The summed E-state index contributed by atoms with van der Waals surface area (Å²) in [6.07, 6.45) is 3.17. The highest BCUT2D eigenvalue weighted by Crippen LogP contribution is 2.36. The standard InChI is InChI=1S/C17H32N2O2/c1-16(2,3)18-6-7-20-15(10-18)9-17(4,5)19-11-14-8-13(19)12-21-14/h13-15H,6-12H2,1-5H3. The first kappa shape index (κ1) is 15.7. The Balaban J connectivity index is 1.60. The lowest BCUT2D eigenvalue weighted by Gasteiger charge is -2.46. The number of likely N-dealkylation sites (tertiary alicyclic amines) is 1. The van der Waals surface area contributed by atoms with Crippen LogP contribution < -0.4 is 0 Å². The van der Waals surface area contributed by atoms with Crippen molar-refractivity contribution in [1.82, 2.24) is 9.80 Å². The largest absolute Gasteiger partial charge is 0.375 e. The molecular formula is C17H32N2O2. The van der Waals surface area contributed by atoms with Gasteiger partial charge in [-0.1, -0.05) is 0 Å². The molecule has 0 radical (unpaired) electrons. The molecule has 3 fully saturated rings. The van der Waals surface area contributed by atoms with Crippen LogP contribution in [0, 0.1) is 0 Å². The Hall–Kier alpha value is -0.160. The van der Waals surface area contributed by atoms with E-state index in [1.54, 1.807) is 0 Å². The topological polar surface area (TPSA) is 24.9 Å². The van der Waals surface area contributed by atoms with Gasteiger partial charge in [-0.15, -0.1) is 0 Å². The molecule has 2 bridgehead atoms. The quantitative estimate of drug-likeness (QED) is 0.796. The molecular weight excluding hydrogens is 264 g/mol. The zero-order chi connectivity index (χ0) is 15.3. The van der Waals surface area contributed by atoms with Gasteiger partial charge in [-0.2, -0.15) is 0 Å². The first-order valence-corrected chi connectivity index (χ1v) is 8.51. The predicted octanol–water partition coefficient (Wildman–Crippen LogP) is 2.13. The average Bonchev–Trinajstić information content (AvgIpc) is 3.00. The van der Waals surface area contributed by atoms with Crippen LogP contribution in [0.5, 0.6) is 0 Å². The second kappa shape index (κ2) is 5.48. The van der Waals surface area contributed by atoms with E-state index >= 15 is 0 Å². The molecule has 0 aromatic rings. The van der Waals surface area contributed by atoms with Crippen LogP contribution >= 0.6 is 0 Å². The first-order valence-electron chi connectivity index (χ1n) is 8.51. The lowest BCUT2D eigenvalue weighted by molar-refractivity contribution is -0.0886. The Kier molecular flexibility index (Phi) is 4.11. The van der Waals surface area contributed by atoms with E-state index in [4.69, 9.17) is 9.47 Å². The second-order valence-corrected chi connectivity index (χ2v) is 8.62. The third-order valence-corrected chi connectivity index (χ3v) is 5.49. The van der Waals surface area contributed by atoms with Crippen LogP contribution in [0.4, 0.5) is 0 Å². The molecule has 0 aliphatic carbocycles. The molecule has 3 heterocycles. The summed E-state index contributed by atoms with van der Waals surface area (Å²) >= 11 is 0. The smallest absolute Gasteiger partial charge is 0.0720 e. The Morgan fingerprint density at radius 1 is 1.05 bits per heavy atom. The van der Waals surface area contributed by atoms with Gasteiger partial charge in [0.15, 0.2) is 0 Å². The number of rotatable bonds is 3. The third-order valence-electron chi connectivity index (χ3n) is 5.49. The molecule has 122 valence electrons. The molecule has 0 N–H and O–H groups in total. The van der Waals surface area contributed by atoms with Crippen molar-refractivity contribution in [1.29, 1.82) is 0 Å². The van der Waals surface area contributed by atoms with Gasteiger partial charge in [0.1, 0.15) is 0 Å². The maximum absolute atomic E-state index is 6.08. The molecule has 4 nitrogen and oxygen atoms in total. The molecule has 0 spiro atoms. The highest BCUT2D eigenvalue weighted by Gasteiger charge is 2.46. The molecule has 4 heteroatoms. The van der Waals surface area contributed by atoms with E-state index in [-0.39, 0.29) is 11.1 Å². The SMILES string of the molecule is CC(C)(C)N1CCOC(CC(C)(C)N2CC3CC2CO3)C1. The van der Waals surface area contributed by atoms with Crippen molar-refractivity contribution < 1.29 is 9.47 Å². The summed E-state index contributed by atoms with van der Waals surface area (Å²) in [7, 11) is 0. The normalized spacial score (nSPS) is 35.6. The van der Waals surface area contributed by atoms with Crippen molar-refractivity contribution in [3.05, 3.63) is 0 Å². The molecule has 0 saturated carbocycles. The second-order valence-electron chi connectivity index (χ2n) is 8.62.